The van der Waals surface area contributed by atoms with Crippen molar-refractivity contribution in [2.75, 3.05) is 11.1 Å². The number of benzene rings is 1. The summed E-state index contributed by atoms with van der Waals surface area (Å²) in [5.41, 5.74) is 0. The van der Waals surface area contributed by atoms with Crippen molar-refractivity contribution >= 4 is 21.8 Å². The number of anilines is 1. The van der Waals surface area contributed by atoms with E-state index in [9.17, 15) is 17.6 Å². The van der Waals surface area contributed by atoms with Gasteiger partial charge in [0.25, 0.3) is 5.89 Å². The fourth-order valence-corrected chi connectivity index (χ4v) is 3.11. The Balaban J connectivity index is 1.58. The average molecular weight is 366 g/mol. The zero-order valence-electron chi connectivity index (χ0n) is 12.5. The van der Waals surface area contributed by atoms with Crippen molar-refractivity contribution in [1.82, 2.24) is 15.4 Å². The molecule has 1 amide bonds. The van der Waals surface area contributed by atoms with Crippen LogP contribution in [-0.2, 0) is 14.6 Å². The van der Waals surface area contributed by atoms with Gasteiger partial charge in [-0.05, 0) is 24.3 Å². The molecule has 9 nitrogen and oxygen atoms in total. The van der Waals surface area contributed by atoms with E-state index in [1.165, 1.54) is 12.3 Å². The Hall–Kier alpha value is -3.08. The third-order valence-electron chi connectivity index (χ3n) is 3.09. The molecular formula is C14H11FN4O5S. The number of amides is 1. The number of aromatic nitrogens is 3. The van der Waals surface area contributed by atoms with E-state index >= 15 is 0 Å². The topological polar surface area (TPSA) is 128 Å². The number of hydrogen-bond acceptors (Lipinski definition) is 8. The third kappa shape index (κ3) is 4.07. The molecule has 0 spiro atoms. The monoisotopic (exact) mass is 366 g/mol. The SMILES string of the molecule is O=C(CCS(=O)(=O)c1ccc(F)cc1)Nc1nnc(-c2ccno2)o1. The highest BCUT2D eigenvalue weighted by molar-refractivity contribution is 7.91. The number of hydrogen-bond donors (Lipinski definition) is 1. The molecule has 25 heavy (non-hydrogen) atoms. The molecule has 3 aromatic rings. The van der Waals surface area contributed by atoms with E-state index in [-0.39, 0.29) is 29.0 Å². The number of carbonyl (C=O) groups excluding carboxylic acids is 1. The lowest BCUT2D eigenvalue weighted by Gasteiger charge is -2.04. The van der Waals surface area contributed by atoms with Crippen LogP contribution in [0.3, 0.4) is 0 Å². The van der Waals surface area contributed by atoms with Gasteiger partial charge in [-0.15, -0.1) is 5.10 Å². The number of halogens is 1. The lowest BCUT2D eigenvalue weighted by atomic mass is 10.4. The van der Waals surface area contributed by atoms with E-state index in [1.54, 1.807) is 0 Å². The fourth-order valence-electron chi connectivity index (χ4n) is 1.87. The molecule has 2 aromatic heterocycles. The normalized spacial score (nSPS) is 11.4. The maximum atomic E-state index is 12.8. The summed E-state index contributed by atoms with van der Waals surface area (Å²) in [6.45, 7) is 0. The van der Waals surface area contributed by atoms with Crippen LogP contribution in [0.2, 0.25) is 0 Å². The van der Waals surface area contributed by atoms with Crippen molar-refractivity contribution in [3.05, 3.63) is 42.3 Å². The summed E-state index contributed by atoms with van der Waals surface area (Å²) in [5.74, 6) is -1.37. The first-order valence-corrected chi connectivity index (χ1v) is 8.62. The van der Waals surface area contributed by atoms with E-state index in [0.717, 1.165) is 24.3 Å². The molecule has 0 unspecified atom stereocenters. The number of rotatable bonds is 6. The molecule has 0 aliphatic heterocycles. The molecule has 0 aliphatic rings. The van der Waals surface area contributed by atoms with Crippen molar-refractivity contribution in [2.24, 2.45) is 0 Å². The molecule has 0 aliphatic carbocycles. The highest BCUT2D eigenvalue weighted by atomic mass is 32.2. The van der Waals surface area contributed by atoms with E-state index in [4.69, 9.17) is 8.94 Å². The summed E-state index contributed by atoms with van der Waals surface area (Å²) >= 11 is 0. The summed E-state index contributed by atoms with van der Waals surface area (Å²) < 4.78 is 47.0. The summed E-state index contributed by atoms with van der Waals surface area (Å²) in [7, 11) is -3.71. The first-order chi connectivity index (χ1) is 11.9. The van der Waals surface area contributed by atoms with E-state index in [1.807, 2.05) is 0 Å². The average Bonchev–Trinajstić information content (AvgIpc) is 3.25. The van der Waals surface area contributed by atoms with Crippen LogP contribution < -0.4 is 5.32 Å². The molecule has 0 saturated carbocycles. The molecule has 130 valence electrons. The van der Waals surface area contributed by atoms with Crippen molar-refractivity contribution in [3.8, 4) is 11.7 Å². The second kappa shape index (κ2) is 6.81. The Bertz CT molecular complexity index is 967. The van der Waals surface area contributed by atoms with Gasteiger partial charge in [-0.3, -0.25) is 10.1 Å². The smallest absolute Gasteiger partial charge is 0.322 e. The molecule has 2 heterocycles. The first kappa shape index (κ1) is 16.8. The molecule has 3 rings (SSSR count). The van der Waals surface area contributed by atoms with Gasteiger partial charge in [0.2, 0.25) is 11.7 Å². The number of sulfone groups is 1. The minimum absolute atomic E-state index is 0.0201. The lowest BCUT2D eigenvalue weighted by molar-refractivity contribution is -0.115. The Morgan fingerprint density at radius 1 is 1.16 bits per heavy atom. The first-order valence-electron chi connectivity index (χ1n) is 6.97. The molecule has 0 fully saturated rings. The summed E-state index contributed by atoms with van der Waals surface area (Å²) in [4.78, 5) is 11.8. The number of nitrogens with one attached hydrogen (secondary N) is 1. The molecule has 0 saturated heterocycles. The van der Waals surface area contributed by atoms with Gasteiger partial charge >= 0.3 is 6.01 Å². The van der Waals surface area contributed by atoms with Gasteiger partial charge in [0.05, 0.1) is 16.8 Å². The van der Waals surface area contributed by atoms with Gasteiger partial charge in [-0.2, -0.15) is 0 Å². The van der Waals surface area contributed by atoms with Crippen LogP contribution in [0.4, 0.5) is 10.4 Å². The number of carbonyl (C=O) groups is 1. The van der Waals surface area contributed by atoms with Crippen LogP contribution in [0.1, 0.15) is 6.42 Å². The maximum Gasteiger partial charge on any atom is 0.322 e. The summed E-state index contributed by atoms with van der Waals surface area (Å²) in [6.07, 6.45) is 1.05. The van der Waals surface area contributed by atoms with Gasteiger partial charge in [0.1, 0.15) is 5.82 Å². The predicted molar refractivity (Wildman–Crippen MR) is 81.5 cm³/mol. The predicted octanol–water partition coefficient (Wildman–Crippen LogP) is 1.67. The Morgan fingerprint density at radius 2 is 1.92 bits per heavy atom. The van der Waals surface area contributed by atoms with Crippen molar-refractivity contribution in [1.29, 1.82) is 0 Å². The fraction of sp³-hybridized carbons (Fsp3) is 0.143. The lowest BCUT2D eigenvalue weighted by Crippen LogP contribution is -2.17. The Kier molecular flexibility index (Phi) is 4.57. The van der Waals surface area contributed by atoms with E-state index < -0.39 is 27.3 Å². The molecular weight excluding hydrogens is 355 g/mol. The molecule has 0 radical (unpaired) electrons. The largest absolute Gasteiger partial charge is 0.400 e. The zero-order chi connectivity index (χ0) is 17.9. The quantitative estimate of drug-likeness (QED) is 0.652. The van der Waals surface area contributed by atoms with Crippen molar-refractivity contribution in [3.63, 3.8) is 0 Å². The highest BCUT2D eigenvalue weighted by Gasteiger charge is 2.18. The van der Waals surface area contributed by atoms with Crippen molar-refractivity contribution < 1.29 is 26.5 Å². The van der Waals surface area contributed by atoms with Gasteiger partial charge in [0.15, 0.2) is 9.84 Å². The van der Waals surface area contributed by atoms with Crippen LogP contribution in [0.15, 0.2) is 50.4 Å². The van der Waals surface area contributed by atoms with Crippen LogP contribution in [0, 0.1) is 5.82 Å². The zero-order valence-corrected chi connectivity index (χ0v) is 13.4. The molecule has 11 heteroatoms. The Labute approximate surface area is 140 Å². The second-order valence-corrected chi connectivity index (χ2v) is 6.97. The molecule has 1 N–H and O–H groups in total. The van der Waals surface area contributed by atoms with Gasteiger partial charge < -0.3 is 8.94 Å². The van der Waals surface area contributed by atoms with Gasteiger partial charge in [-0.1, -0.05) is 10.3 Å². The van der Waals surface area contributed by atoms with Crippen LogP contribution in [0.5, 0.6) is 0 Å². The number of nitrogens with zero attached hydrogens (tertiary/aromatic N) is 3. The van der Waals surface area contributed by atoms with Crippen LogP contribution >= 0.6 is 0 Å². The van der Waals surface area contributed by atoms with Crippen LogP contribution in [-0.4, -0.2) is 35.4 Å². The standard InChI is InChI=1S/C14H11FN4O5S/c15-9-1-3-10(4-2-9)25(21,22)8-6-12(20)17-14-19-18-13(23-14)11-5-7-16-24-11/h1-5,7H,6,8H2,(H,17,19,20). The summed E-state index contributed by atoms with van der Waals surface area (Å²) in [5, 5.41) is 13.0. The summed E-state index contributed by atoms with van der Waals surface area (Å²) in [6, 6.07) is 5.66. The van der Waals surface area contributed by atoms with E-state index in [2.05, 4.69) is 20.7 Å². The minimum Gasteiger partial charge on any atom is -0.400 e. The molecule has 0 bridgehead atoms. The second-order valence-electron chi connectivity index (χ2n) is 4.86. The Morgan fingerprint density at radius 3 is 2.60 bits per heavy atom. The third-order valence-corrected chi connectivity index (χ3v) is 4.82. The molecule has 0 atom stereocenters. The van der Waals surface area contributed by atoms with E-state index in [0.29, 0.717) is 0 Å². The molecule has 1 aromatic carbocycles. The van der Waals surface area contributed by atoms with Gasteiger partial charge in [0, 0.05) is 12.5 Å². The maximum absolute atomic E-state index is 12.8. The highest BCUT2D eigenvalue weighted by Crippen LogP contribution is 2.19. The van der Waals surface area contributed by atoms with Crippen molar-refractivity contribution in [2.45, 2.75) is 11.3 Å². The van der Waals surface area contributed by atoms with Crippen LogP contribution in [0.25, 0.3) is 11.7 Å². The van der Waals surface area contributed by atoms with Gasteiger partial charge in [-0.25, -0.2) is 12.8 Å². The minimum atomic E-state index is -3.71.